The first-order valence-electron chi connectivity index (χ1n) is 10.9. The molecule has 3 aromatic carbocycles. The summed E-state index contributed by atoms with van der Waals surface area (Å²) in [5.74, 6) is 1.90. The summed E-state index contributed by atoms with van der Waals surface area (Å²) in [4.78, 5) is 3.59. The van der Waals surface area contributed by atoms with E-state index in [1.807, 2.05) is 0 Å². The normalized spacial score (nSPS) is 15.5. The van der Waals surface area contributed by atoms with Crippen molar-refractivity contribution in [3.8, 4) is 11.5 Å². The maximum absolute atomic E-state index is 6.04. The van der Waals surface area contributed by atoms with Gasteiger partial charge in [0.15, 0.2) is 0 Å². The number of ether oxygens (including phenoxy) is 3. The molecule has 166 valence electrons. The lowest BCUT2D eigenvalue weighted by molar-refractivity contribution is 0.0718. The highest BCUT2D eigenvalue weighted by Gasteiger charge is 2.23. The Bertz CT molecular complexity index is 1090. The fourth-order valence-electron chi connectivity index (χ4n) is 4.30. The summed E-state index contributed by atoms with van der Waals surface area (Å²) < 4.78 is 17.5. The summed E-state index contributed by atoms with van der Waals surface area (Å²) in [6.45, 7) is 2.98. The summed E-state index contributed by atoms with van der Waals surface area (Å²) in [5, 5.41) is 3.51. The average Bonchev–Trinajstić information content (AvgIpc) is 3.32. The number of hydrogen-bond donors (Lipinski definition) is 1. The molecule has 0 bridgehead atoms. The van der Waals surface area contributed by atoms with E-state index in [1.54, 1.807) is 18.9 Å². The Balaban J connectivity index is 1.33. The second kappa shape index (κ2) is 9.45. The first-order valence-corrected chi connectivity index (χ1v) is 12.2. The molecule has 0 amide bonds. The number of nitrogens with zero attached hydrogens (tertiary/aromatic N) is 1. The van der Waals surface area contributed by atoms with Crippen LogP contribution in [0.15, 0.2) is 65.6 Å². The Hall–Kier alpha value is -2.67. The molecule has 0 saturated heterocycles. The van der Waals surface area contributed by atoms with Crippen molar-refractivity contribution in [3.05, 3.63) is 77.4 Å². The molecule has 0 aliphatic carbocycles. The van der Waals surface area contributed by atoms with Crippen LogP contribution < -0.4 is 19.7 Å². The fraction of sp³-hybridized carbons (Fsp3) is 0.308. The van der Waals surface area contributed by atoms with Gasteiger partial charge in [-0.3, -0.25) is 5.32 Å². The van der Waals surface area contributed by atoms with E-state index in [0.717, 1.165) is 48.9 Å². The van der Waals surface area contributed by atoms with Gasteiger partial charge in [-0.05, 0) is 65.4 Å². The van der Waals surface area contributed by atoms with Gasteiger partial charge in [-0.25, -0.2) is 0 Å². The lowest BCUT2D eigenvalue weighted by Gasteiger charge is -2.32. The van der Waals surface area contributed by atoms with Gasteiger partial charge in [-0.2, -0.15) is 0 Å². The summed E-state index contributed by atoms with van der Waals surface area (Å²) in [5.41, 5.74) is 5.83. The molecule has 0 saturated carbocycles. The minimum Gasteiger partial charge on any atom is -0.493 e. The van der Waals surface area contributed by atoms with Crippen molar-refractivity contribution >= 4 is 23.1 Å². The number of hydrogen-bond acceptors (Lipinski definition) is 6. The van der Waals surface area contributed by atoms with Crippen molar-refractivity contribution in [3.63, 3.8) is 0 Å². The smallest absolute Gasteiger partial charge is 0.143 e. The van der Waals surface area contributed by atoms with Crippen LogP contribution in [-0.2, 0) is 17.7 Å². The van der Waals surface area contributed by atoms with E-state index in [0.29, 0.717) is 6.61 Å². The highest BCUT2D eigenvalue weighted by molar-refractivity contribution is 7.98. The molecule has 1 unspecified atom stereocenters. The topological polar surface area (TPSA) is 43.0 Å². The molecule has 1 N–H and O–H groups in total. The van der Waals surface area contributed by atoms with Crippen molar-refractivity contribution in [1.29, 1.82) is 0 Å². The quantitative estimate of drug-likeness (QED) is 0.390. The van der Waals surface area contributed by atoms with Crippen LogP contribution in [0.4, 0.5) is 11.4 Å². The van der Waals surface area contributed by atoms with E-state index in [4.69, 9.17) is 14.2 Å². The zero-order valence-corrected chi connectivity index (χ0v) is 19.3. The standard InChI is InChI=1S/C26H28N2O3S/c1-29-26(27-17-18-3-7-22(32-2)8-4-18)20-5-9-23-25(16-20)31-14-12-28(23)21-6-10-24-19(15-21)11-13-30-24/h3-10,15-16,26-27H,11-14,17H2,1-2H3. The SMILES string of the molecule is COC(NCc1ccc(SC)cc1)c1ccc2c(c1)OCCN2c1ccc2c(c1)CCO2. The second-order valence-electron chi connectivity index (χ2n) is 7.96. The van der Waals surface area contributed by atoms with Gasteiger partial charge in [0.1, 0.15) is 24.3 Å². The van der Waals surface area contributed by atoms with Crippen LogP contribution >= 0.6 is 11.8 Å². The van der Waals surface area contributed by atoms with Gasteiger partial charge in [-0.1, -0.05) is 18.2 Å². The van der Waals surface area contributed by atoms with Crippen LogP contribution in [0.1, 0.15) is 22.9 Å². The molecule has 0 radical (unpaired) electrons. The lowest BCUT2D eigenvalue weighted by Crippen LogP contribution is -2.29. The highest BCUT2D eigenvalue weighted by Crippen LogP contribution is 2.40. The highest BCUT2D eigenvalue weighted by atomic mass is 32.2. The summed E-state index contributed by atoms with van der Waals surface area (Å²) in [6, 6.07) is 21.4. The Morgan fingerprint density at radius 2 is 1.84 bits per heavy atom. The molecule has 32 heavy (non-hydrogen) atoms. The molecule has 0 spiro atoms. The number of thioether (sulfide) groups is 1. The number of methoxy groups -OCH3 is 1. The maximum atomic E-state index is 6.04. The van der Waals surface area contributed by atoms with E-state index < -0.39 is 0 Å². The van der Waals surface area contributed by atoms with Gasteiger partial charge in [0.2, 0.25) is 0 Å². The first kappa shape index (κ1) is 21.2. The number of anilines is 2. The first-order chi connectivity index (χ1) is 15.7. The molecule has 5 rings (SSSR count). The second-order valence-corrected chi connectivity index (χ2v) is 8.84. The van der Waals surface area contributed by atoms with Crippen LogP contribution in [0.3, 0.4) is 0 Å². The summed E-state index contributed by atoms with van der Waals surface area (Å²) in [6.07, 6.45) is 2.85. The zero-order valence-electron chi connectivity index (χ0n) is 18.5. The molecular weight excluding hydrogens is 420 g/mol. The molecule has 6 heteroatoms. The predicted molar refractivity (Wildman–Crippen MR) is 129 cm³/mol. The monoisotopic (exact) mass is 448 g/mol. The van der Waals surface area contributed by atoms with Gasteiger partial charge in [0, 0.05) is 30.7 Å². The Labute approximate surface area is 193 Å². The van der Waals surface area contributed by atoms with Crippen molar-refractivity contribution in [2.75, 3.05) is 38.0 Å². The van der Waals surface area contributed by atoms with E-state index in [2.05, 4.69) is 77.1 Å². The van der Waals surface area contributed by atoms with E-state index in [-0.39, 0.29) is 6.23 Å². The van der Waals surface area contributed by atoms with Crippen LogP contribution in [0.5, 0.6) is 11.5 Å². The number of nitrogens with one attached hydrogen (secondary N) is 1. The number of rotatable bonds is 7. The molecule has 2 aliphatic rings. The van der Waals surface area contributed by atoms with Gasteiger partial charge >= 0.3 is 0 Å². The van der Waals surface area contributed by atoms with E-state index >= 15 is 0 Å². The molecule has 0 fully saturated rings. The maximum Gasteiger partial charge on any atom is 0.143 e. The number of fused-ring (bicyclic) bond motifs is 2. The average molecular weight is 449 g/mol. The van der Waals surface area contributed by atoms with E-state index in [9.17, 15) is 0 Å². The molecular formula is C26H28N2O3S. The third-order valence-electron chi connectivity index (χ3n) is 6.02. The van der Waals surface area contributed by atoms with Crippen LogP contribution in [0, 0.1) is 0 Å². The molecule has 1 atom stereocenters. The van der Waals surface area contributed by atoms with Gasteiger partial charge in [0.05, 0.1) is 18.8 Å². The van der Waals surface area contributed by atoms with Crippen LogP contribution in [0.25, 0.3) is 0 Å². The van der Waals surface area contributed by atoms with Crippen molar-refractivity contribution < 1.29 is 14.2 Å². The van der Waals surface area contributed by atoms with Crippen molar-refractivity contribution in [1.82, 2.24) is 5.32 Å². The van der Waals surface area contributed by atoms with Crippen molar-refractivity contribution in [2.45, 2.75) is 24.1 Å². The summed E-state index contributed by atoms with van der Waals surface area (Å²) in [7, 11) is 1.73. The van der Waals surface area contributed by atoms with E-state index in [1.165, 1.54) is 21.7 Å². The Morgan fingerprint density at radius 1 is 1.00 bits per heavy atom. The van der Waals surface area contributed by atoms with Crippen LogP contribution in [-0.4, -0.2) is 33.1 Å². The molecule has 5 nitrogen and oxygen atoms in total. The molecule has 3 aromatic rings. The van der Waals surface area contributed by atoms with Gasteiger partial charge in [0.25, 0.3) is 0 Å². The van der Waals surface area contributed by atoms with Crippen LogP contribution in [0.2, 0.25) is 0 Å². The minimum absolute atomic E-state index is 0.211. The van der Waals surface area contributed by atoms with Crippen molar-refractivity contribution in [2.24, 2.45) is 0 Å². The van der Waals surface area contributed by atoms with Gasteiger partial charge in [-0.15, -0.1) is 11.8 Å². The minimum atomic E-state index is -0.211. The number of benzene rings is 3. The lowest BCUT2D eigenvalue weighted by atomic mass is 10.1. The third kappa shape index (κ3) is 4.31. The zero-order chi connectivity index (χ0) is 21.9. The summed E-state index contributed by atoms with van der Waals surface area (Å²) >= 11 is 1.75. The molecule has 2 aliphatic heterocycles. The Morgan fingerprint density at radius 3 is 2.66 bits per heavy atom. The molecule has 0 aromatic heterocycles. The third-order valence-corrected chi connectivity index (χ3v) is 6.76. The van der Waals surface area contributed by atoms with Gasteiger partial charge < -0.3 is 19.1 Å². The Kier molecular flexibility index (Phi) is 6.26. The predicted octanol–water partition coefficient (Wildman–Crippen LogP) is 5.31. The largest absolute Gasteiger partial charge is 0.493 e. The fourth-order valence-corrected chi connectivity index (χ4v) is 4.71. The molecule has 2 heterocycles.